The topological polar surface area (TPSA) is 21.6 Å². The largest absolute Gasteiger partial charge is 0.497 e. The summed E-state index contributed by atoms with van der Waals surface area (Å²) in [7, 11) is 1.67. The minimum Gasteiger partial charge on any atom is -0.497 e. The molecule has 2 nitrogen and oxygen atoms in total. The van der Waals surface area contributed by atoms with E-state index in [1.165, 1.54) is 0 Å². The van der Waals surface area contributed by atoms with Gasteiger partial charge in [0.25, 0.3) is 0 Å². The average Bonchev–Trinajstić information content (AvgIpc) is 2.67. The van der Waals surface area contributed by atoms with E-state index >= 15 is 0 Å². The van der Waals surface area contributed by atoms with Gasteiger partial charge in [-0.25, -0.2) is 4.99 Å². The summed E-state index contributed by atoms with van der Waals surface area (Å²) in [5, 5.41) is 0. The first-order chi connectivity index (χ1) is 11.9. The second-order valence-electron chi connectivity index (χ2n) is 5.38. The molecule has 3 aromatic rings. The number of hydrogen-bond donors (Lipinski definition) is 0. The molecule has 0 bridgehead atoms. The zero-order valence-electron chi connectivity index (χ0n) is 13.6. The molecule has 3 aromatic carbocycles. The molecule has 0 aliphatic carbocycles. The molecule has 0 atom stereocenters. The summed E-state index contributed by atoms with van der Waals surface area (Å²) >= 11 is 0. The fraction of sp³-hybridized carbons (Fsp3) is 0.0909. The van der Waals surface area contributed by atoms with Crippen LogP contribution in [-0.4, -0.2) is 13.0 Å². The summed E-state index contributed by atoms with van der Waals surface area (Å²) in [6.07, 6.45) is 0. The van der Waals surface area contributed by atoms with Gasteiger partial charge in [-0.3, -0.25) is 0 Å². The molecule has 0 unspecified atom stereocenters. The number of hydrogen-bond acceptors (Lipinski definition) is 2. The van der Waals surface area contributed by atoms with Crippen molar-refractivity contribution in [1.29, 1.82) is 0 Å². The van der Waals surface area contributed by atoms with Gasteiger partial charge in [0, 0.05) is 0 Å². The minimum absolute atomic E-state index is 0.590. The van der Waals surface area contributed by atoms with Crippen LogP contribution in [0.25, 0.3) is 5.57 Å². The van der Waals surface area contributed by atoms with E-state index in [0.717, 1.165) is 28.0 Å². The van der Waals surface area contributed by atoms with Crippen LogP contribution in [0, 0.1) is 0 Å². The number of rotatable bonds is 5. The summed E-state index contributed by atoms with van der Waals surface area (Å²) in [4.78, 5) is 4.52. The molecule has 0 N–H and O–H groups in total. The first-order valence-corrected chi connectivity index (χ1v) is 7.90. The molecule has 2 heteroatoms. The molecular formula is C22H19NO. The summed E-state index contributed by atoms with van der Waals surface area (Å²) in [6, 6.07) is 28.4. The highest BCUT2D eigenvalue weighted by molar-refractivity contribution is 5.98. The van der Waals surface area contributed by atoms with E-state index in [0.29, 0.717) is 6.54 Å². The predicted molar refractivity (Wildman–Crippen MR) is 99.5 cm³/mol. The third-order valence-electron chi connectivity index (χ3n) is 3.74. The van der Waals surface area contributed by atoms with Crippen LogP contribution in [0.2, 0.25) is 0 Å². The van der Waals surface area contributed by atoms with Crippen LogP contribution >= 0.6 is 0 Å². The van der Waals surface area contributed by atoms with Crippen LogP contribution in [0.3, 0.4) is 0 Å². The first-order valence-electron chi connectivity index (χ1n) is 7.90. The van der Waals surface area contributed by atoms with Gasteiger partial charge < -0.3 is 4.74 Å². The van der Waals surface area contributed by atoms with Crippen molar-refractivity contribution in [3.63, 3.8) is 0 Å². The van der Waals surface area contributed by atoms with Gasteiger partial charge in [-0.05, 0) is 34.7 Å². The molecule has 0 fully saturated rings. The minimum atomic E-state index is 0.590. The highest BCUT2D eigenvalue weighted by atomic mass is 16.5. The van der Waals surface area contributed by atoms with E-state index in [1.54, 1.807) is 7.11 Å². The van der Waals surface area contributed by atoms with Crippen LogP contribution in [0.1, 0.15) is 16.7 Å². The highest BCUT2D eigenvalue weighted by Gasteiger charge is 2.03. The number of aliphatic imine (C=N–C) groups is 1. The van der Waals surface area contributed by atoms with Crippen molar-refractivity contribution in [3.05, 3.63) is 102 Å². The molecule has 118 valence electrons. The van der Waals surface area contributed by atoms with E-state index < -0.39 is 0 Å². The number of methoxy groups -OCH3 is 1. The summed E-state index contributed by atoms with van der Waals surface area (Å²) in [6.45, 7) is 0.590. The Kier molecular flexibility index (Phi) is 5.24. The maximum Gasteiger partial charge on any atom is 0.118 e. The number of benzene rings is 3. The van der Waals surface area contributed by atoms with Crippen LogP contribution < -0.4 is 4.74 Å². The van der Waals surface area contributed by atoms with Crippen molar-refractivity contribution < 1.29 is 4.74 Å². The fourth-order valence-electron chi connectivity index (χ4n) is 2.45. The molecule has 0 aliphatic rings. The molecule has 0 aromatic heterocycles. The lowest BCUT2D eigenvalue weighted by Crippen LogP contribution is -1.89. The number of ether oxygens (including phenoxy) is 1. The normalized spacial score (nSPS) is 9.88. The predicted octanol–water partition coefficient (Wildman–Crippen LogP) is 5.00. The van der Waals surface area contributed by atoms with Gasteiger partial charge in [0.1, 0.15) is 5.75 Å². The van der Waals surface area contributed by atoms with Crippen LogP contribution in [0.4, 0.5) is 0 Å². The van der Waals surface area contributed by atoms with Crippen molar-refractivity contribution in [2.75, 3.05) is 7.11 Å². The van der Waals surface area contributed by atoms with E-state index in [-0.39, 0.29) is 0 Å². The lowest BCUT2D eigenvalue weighted by molar-refractivity contribution is 0.414. The van der Waals surface area contributed by atoms with Crippen molar-refractivity contribution in [1.82, 2.24) is 0 Å². The molecule has 0 amide bonds. The Morgan fingerprint density at radius 2 is 1.33 bits per heavy atom. The van der Waals surface area contributed by atoms with Crippen molar-refractivity contribution in [2.24, 2.45) is 4.99 Å². The standard InChI is InChI=1S/C22H19NO/c1-24-21-14-12-18(13-15-21)16-23-17-22(19-8-4-2-5-9-19)20-10-6-3-7-11-20/h2-15H,16H2,1H3. The van der Waals surface area contributed by atoms with Crippen molar-refractivity contribution in [2.45, 2.75) is 6.54 Å². The molecule has 24 heavy (non-hydrogen) atoms. The van der Waals surface area contributed by atoms with Crippen molar-refractivity contribution >= 4 is 11.4 Å². The van der Waals surface area contributed by atoms with Gasteiger partial charge in [-0.1, -0.05) is 72.8 Å². The Morgan fingerprint density at radius 3 is 1.83 bits per heavy atom. The maximum atomic E-state index is 5.18. The first kappa shape index (κ1) is 15.8. The third-order valence-corrected chi connectivity index (χ3v) is 3.74. The van der Waals surface area contributed by atoms with E-state index in [1.807, 2.05) is 60.7 Å². The molecule has 0 radical (unpaired) electrons. The zero-order chi connectivity index (χ0) is 16.6. The molecule has 0 aliphatic heterocycles. The highest BCUT2D eigenvalue weighted by Crippen LogP contribution is 2.20. The summed E-state index contributed by atoms with van der Waals surface area (Å²) in [5.41, 5.74) is 4.36. The molecule has 0 saturated heterocycles. The van der Waals surface area contributed by atoms with Crippen LogP contribution in [0.5, 0.6) is 5.75 Å². The lowest BCUT2D eigenvalue weighted by Gasteiger charge is -2.04. The molecule has 0 heterocycles. The van der Waals surface area contributed by atoms with E-state index in [4.69, 9.17) is 4.74 Å². The quantitative estimate of drug-likeness (QED) is 0.608. The van der Waals surface area contributed by atoms with E-state index in [2.05, 4.69) is 35.1 Å². The molecule has 0 spiro atoms. The summed E-state index contributed by atoms with van der Waals surface area (Å²) in [5.74, 6) is 4.09. The van der Waals surface area contributed by atoms with Gasteiger partial charge in [-0.15, -0.1) is 0 Å². The van der Waals surface area contributed by atoms with Gasteiger partial charge in [0.2, 0.25) is 0 Å². The number of nitrogens with zero attached hydrogens (tertiary/aromatic N) is 1. The second-order valence-corrected chi connectivity index (χ2v) is 5.38. The monoisotopic (exact) mass is 313 g/mol. The Labute approximate surface area is 142 Å². The van der Waals surface area contributed by atoms with Crippen molar-refractivity contribution in [3.8, 4) is 5.75 Å². The second kappa shape index (κ2) is 7.96. The zero-order valence-corrected chi connectivity index (χ0v) is 13.6. The van der Waals surface area contributed by atoms with Gasteiger partial charge in [-0.2, -0.15) is 0 Å². The molecular weight excluding hydrogens is 294 g/mol. The Morgan fingerprint density at radius 1 is 0.792 bits per heavy atom. The molecule has 3 rings (SSSR count). The average molecular weight is 313 g/mol. The van der Waals surface area contributed by atoms with Gasteiger partial charge in [0.05, 0.1) is 19.2 Å². The Bertz CT molecular complexity index is 789. The van der Waals surface area contributed by atoms with Gasteiger partial charge in [0.15, 0.2) is 0 Å². The van der Waals surface area contributed by atoms with Crippen LogP contribution in [0.15, 0.2) is 89.9 Å². The Hall–Kier alpha value is -3.09. The SMILES string of the molecule is COc1ccc(CN=C=C(c2ccccc2)c2ccccc2)cc1. The van der Waals surface area contributed by atoms with Gasteiger partial charge >= 0.3 is 0 Å². The lowest BCUT2D eigenvalue weighted by atomic mass is 9.99. The summed E-state index contributed by atoms with van der Waals surface area (Å²) < 4.78 is 5.18. The van der Waals surface area contributed by atoms with Crippen LogP contribution in [-0.2, 0) is 6.54 Å². The third kappa shape index (κ3) is 4.01. The Balaban J connectivity index is 1.91. The smallest absolute Gasteiger partial charge is 0.118 e. The fourth-order valence-corrected chi connectivity index (χ4v) is 2.45. The molecule has 0 saturated carbocycles. The van der Waals surface area contributed by atoms with E-state index in [9.17, 15) is 0 Å². The maximum absolute atomic E-state index is 5.18.